The molecule has 0 aromatic heterocycles. The van der Waals surface area contributed by atoms with Crippen LogP contribution in [0.1, 0.15) is 0 Å². The van der Waals surface area contributed by atoms with Crippen molar-refractivity contribution in [1.29, 1.82) is 0 Å². The molecule has 0 aliphatic rings. The molecule has 0 atom stereocenters. The summed E-state index contributed by atoms with van der Waals surface area (Å²) in [6.07, 6.45) is 0. The molecule has 2 aromatic carbocycles. The van der Waals surface area contributed by atoms with E-state index in [0.29, 0.717) is 0 Å². The van der Waals surface area contributed by atoms with Crippen LogP contribution in [0, 0.1) is 3.57 Å². The van der Waals surface area contributed by atoms with Crippen molar-refractivity contribution in [3.63, 3.8) is 0 Å². The van der Waals surface area contributed by atoms with E-state index >= 15 is 0 Å². The highest BCUT2D eigenvalue weighted by Crippen LogP contribution is 2.35. The second kappa shape index (κ2) is 5.40. The molecule has 0 spiro atoms. The van der Waals surface area contributed by atoms with Gasteiger partial charge in [0.15, 0.2) is 0 Å². The second-order valence-electron chi connectivity index (χ2n) is 3.55. The Hall–Kier alpha value is -1.23. The molecule has 0 amide bonds. The highest BCUT2D eigenvalue weighted by Gasteiger charge is 2.10. The minimum absolute atomic E-state index is 0.851. The molecule has 88 valence electrons. The minimum Gasteiger partial charge on any atom is -0.497 e. The van der Waals surface area contributed by atoms with E-state index in [0.717, 1.165) is 26.2 Å². The fraction of sp³-hybridized carbons (Fsp3) is 0.143. The van der Waals surface area contributed by atoms with E-state index in [1.807, 2.05) is 30.3 Å². The molecule has 0 radical (unpaired) electrons. The first kappa shape index (κ1) is 12.2. The van der Waals surface area contributed by atoms with Crippen LogP contribution in [-0.4, -0.2) is 14.2 Å². The van der Waals surface area contributed by atoms with Gasteiger partial charge in [0.05, 0.1) is 14.2 Å². The minimum atomic E-state index is 0.851. The van der Waals surface area contributed by atoms with Crippen molar-refractivity contribution in [1.82, 2.24) is 0 Å². The van der Waals surface area contributed by atoms with Crippen LogP contribution in [0.15, 0.2) is 42.5 Å². The van der Waals surface area contributed by atoms with E-state index in [9.17, 15) is 0 Å². The number of halogens is 1. The number of ether oxygens (including phenoxy) is 2. The van der Waals surface area contributed by atoms with Crippen LogP contribution in [0.4, 0.5) is 0 Å². The molecule has 0 aliphatic carbocycles. The Bertz CT molecular complexity index is 523. The number of rotatable bonds is 3. The zero-order valence-corrected chi connectivity index (χ0v) is 11.9. The molecule has 3 heteroatoms. The Morgan fingerprint density at radius 2 is 1.71 bits per heavy atom. The number of methoxy groups -OCH3 is 2. The van der Waals surface area contributed by atoms with Crippen molar-refractivity contribution in [3.8, 4) is 22.6 Å². The molecule has 0 saturated carbocycles. The van der Waals surface area contributed by atoms with Gasteiger partial charge < -0.3 is 9.47 Å². The normalized spacial score (nSPS) is 10.1. The van der Waals surface area contributed by atoms with Crippen molar-refractivity contribution in [2.45, 2.75) is 0 Å². The summed E-state index contributed by atoms with van der Waals surface area (Å²) in [4.78, 5) is 0. The lowest BCUT2D eigenvalue weighted by molar-refractivity contribution is 0.413. The molecule has 2 nitrogen and oxygen atoms in total. The van der Waals surface area contributed by atoms with Crippen LogP contribution in [0.25, 0.3) is 11.1 Å². The monoisotopic (exact) mass is 340 g/mol. The molecule has 17 heavy (non-hydrogen) atoms. The lowest BCUT2D eigenvalue weighted by Crippen LogP contribution is -1.91. The smallest absolute Gasteiger partial charge is 0.127 e. The summed E-state index contributed by atoms with van der Waals surface area (Å²) in [7, 11) is 3.36. The standard InChI is InChI=1S/C14H13IO2/c1-16-11-6-3-5-10(9-11)14-12(15)7-4-8-13(14)17-2/h3-9H,1-2H3. The topological polar surface area (TPSA) is 18.5 Å². The highest BCUT2D eigenvalue weighted by molar-refractivity contribution is 14.1. The fourth-order valence-corrected chi connectivity index (χ4v) is 2.52. The third-order valence-electron chi connectivity index (χ3n) is 2.55. The van der Waals surface area contributed by atoms with Crippen LogP contribution in [-0.2, 0) is 0 Å². The van der Waals surface area contributed by atoms with Crippen molar-refractivity contribution >= 4 is 22.6 Å². The molecule has 0 fully saturated rings. The van der Waals surface area contributed by atoms with E-state index in [4.69, 9.17) is 9.47 Å². The molecule has 2 aromatic rings. The fourth-order valence-electron chi connectivity index (χ4n) is 1.73. The molecule has 0 unspecified atom stereocenters. The lowest BCUT2D eigenvalue weighted by atomic mass is 10.0. The Morgan fingerprint density at radius 1 is 0.941 bits per heavy atom. The van der Waals surface area contributed by atoms with E-state index in [1.165, 1.54) is 0 Å². The number of hydrogen-bond donors (Lipinski definition) is 0. The van der Waals surface area contributed by atoms with Gasteiger partial charge in [-0.1, -0.05) is 18.2 Å². The van der Waals surface area contributed by atoms with E-state index < -0.39 is 0 Å². The predicted molar refractivity (Wildman–Crippen MR) is 77.7 cm³/mol. The summed E-state index contributed by atoms with van der Waals surface area (Å²) >= 11 is 2.32. The first-order valence-electron chi connectivity index (χ1n) is 5.23. The van der Waals surface area contributed by atoms with Gasteiger partial charge in [-0.3, -0.25) is 0 Å². The molecule has 0 bridgehead atoms. The van der Waals surface area contributed by atoms with Gasteiger partial charge in [-0.15, -0.1) is 0 Å². The largest absolute Gasteiger partial charge is 0.497 e. The van der Waals surface area contributed by atoms with Gasteiger partial charge in [-0.05, 0) is 52.4 Å². The van der Waals surface area contributed by atoms with E-state index in [-0.39, 0.29) is 0 Å². The lowest BCUT2D eigenvalue weighted by Gasteiger charge is -2.11. The number of hydrogen-bond acceptors (Lipinski definition) is 2. The van der Waals surface area contributed by atoms with E-state index in [2.05, 4.69) is 34.7 Å². The van der Waals surface area contributed by atoms with Crippen molar-refractivity contribution in [2.75, 3.05) is 14.2 Å². The first-order valence-corrected chi connectivity index (χ1v) is 6.31. The van der Waals surface area contributed by atoms with Gasteiger partial charge in [0, 0.05) is 9.13 Å². The van der Waals surface area contributed by atoms with Gasteiger partial charge in [0.25, 0.3) is 0 Å². The van der Waals surface area contributed by atoms with Gasteiger partial charge in [-0.25, -0.2) is 0 Å². The molecule has 2 rings (SSSR count). The zero-order chi connectivity index (χ0) is 12.3. The van der Waals surface area contributed by atoms with Crippen molar-refractivity contribution in [3.05, 3.63) is 46.0 Å². The molecule has 0 N–H and O–H groups in total. The third kappa shape index (κ3) is 2.54. The molecular formula is C14H13IO2. The first-order chi connectivity index (χ1) is 8.26. The molecule has 0 heterocycles. The SMILES string of the molecule is COc1cccc(-c2c(I)cccc2OC)c1. The number of benzene rings is 2. The predicted octanol–water partition coefficient (Wildman–Crippen LogP) is 3.98. The van der Waals surface area contributed by atoms with Crippen molar-refractivity contribution < 1.29 is 9.47 Å². The quantitative estimate of drug-likeness (QED) is 0.787. The average molecular weight is 340 g/mol. The summed E-state index contributed by atoms with van der Waals surface area (Å²) in [5.41, 5.74) is 2.21. The van der Waals surface area contributed by atoms with Crippen molar-refractivity contribution in [2.24, 2.45) is 0 Å². The maximum atomic E-state index is 5.41. The van der Waals surface area contributed by atoms with Crippen LogP contribution in [0.3, 0.4) is 0 Å². The Labute approximate surface area is 115 Å². The second-order valence-corrected chi connectivity index (χ2v) is 4.71. The highest BCUT2D eigenvalue weighted by atomic mass is 127. The average Bonchev–Trinajstić information content (AvgIpc) is 2.38. The van der Waals surface area contributed by atoms with Gasteiger partial charge in [0.2, 0.25) is 0 Å². The zero-order valence-electron chi connectivity index (χ0n) is 9.74. The summed E-state index contributed by atoms with van der Waals surface area (Å²) < 4.78 is 11.8. The maximum Gasteiger partial charge on any atom is 0.127 e. The summed E-state index contributed by atoms with van der Waals surface area (Å²) in [6.45, 7) is 0. The Morgan fingerprint density at radius 3 is 2.41 bits per heavy atom. The summed E-state index contributed by atoms with van der Waals surface area (Å²) in [5, 5.41) is 0. The van der Waals surface area contributed by atoms with Gasteiger partial charge in [-0.2, -0.15) is 0 Å². The van der Waals surface area contributed by atoms with Crippen LogP contribution in [0.2, 0.25) is 0 Å². The summed E-state index contributed by atoms with van der Waals surface area (Å²) in [5.74, 6) is 1.73. The van der Waals surface area contributed by atoms with E-state index in [1.54, 1.807) is 14.2 Å². The van der Waals surface area contributed by atoms with Gasteiger partial charge in [0.1, 0.15) is 11.5 Å². The van der Waals surface area contributed by atoms with Crippen LogP contribution < -0.4 is 9.47 Å². The maximum absolute atomic E-state index is 5.41. The Balaban J connectivity index is 2.58. The van der Waals surface area contributed by atoms with Gasteiger partial charge >= 0.3 is 0 Å². The Kier molecular flexibility index (Phi) is 3.89. The van der Waals surface area contributed by atoms with Crippen LogP contribution >= 0.6 is 22.6 Å². The third-order valence-corrected chi connectivity index (χ3v) is 3.45. The molecule has 0 aliphatic heterocycles. The van der Waals surface area contributed by atoms with Crippen LogP contribution in [0.5, 0.6) is 11.5 Å². The molecule has 0 saturated heterocycles. The summed E-state index contributed by atoms with van der Waals surface area (Å²) in [6, 6.07) is 14.0. The molecular weight excluding hydrogens is 327 g/mol.